The minimum absolute atomic E-state index is 0.225. The highest BCUT2D eigenvalue weighted by atomic mass is 19.4. The van der Waals surface area contributed by atoms with E-state index in [4.69, 9.17) is 0 Å². The molecule has 0 N–H and O–H groups in total. The number of halogens is 3. The zero-order valence-electron chi connectivity index (χ0n) is 12.0. The van der Waals surface area contributed by atoms with Gasteiger partial charge in [-0.05, 0) is 18.2 Å². The van der Waals surface area contributed by atoms with Gasteiger partial charge in [0.05, 0.1) is 21.0 Å². The predicted octanol–water partition coefficient (Wildman–Crippen LogP) is 3.74. The second-order valence-corrected chi connectivity index (χ2v) is 4.63. The van der Waals surface area contributed by atoms with Crippen molar-refractivity contribution in [2.45, 2.75) is 6.18 Å². The van der Waals surface area contributed by atoms with E-state index in [1.54, 1.807) is 0 Å². The van der Waals surface area contributed by atoms with Crippen LogP contribution in [0.5, 0.6) is 5.75 Å². The highest BCUT2D eigenvalue weighted by Crippen LogP contribution is 2.36. The molecule has 8 nitrogen and oxygen atoms in total. The van der Waals surface area contributed by atoms with Crippen molar-refractivity contribution >= 4 is 17.3 Å². The summed E-state index contributed by atoms with van der Waals surface area (Å²) in [6.07, 6.45) is -4.79. The lowest BCUT2D eigenvalue weighted by atomic mass is 10.1. The van der Waals surface area contributed by atoms with Crippen LogP contribution in [0.15, 0.2) is 42.5 Å². The molecule has 0 aliphatic heterocycles. The predicted molar refractivity (Wildman–Crippen MR) is 76.2 cm³/mol. The maximum atomic E-state index is 12.7. The Morgan fingerprint density at radius 3 is 2.04 bits per heavy atom. The summed E-state index contributed by atoms with van der Waals surface area (Å²) < 4.78 is 42.8. The quantitative estimate of drug-likeness (QED) is 0.357. The van der Waals surface area contributed by atoms with Crippen LogP contribution in [-0.4, -0.2) is 15.8 Å². The number of hydrogen-bond acceptors (Lipinski definition) is 6. The van der Waals surface area contributed by atoms with Gasteiger partial charge in [0, 0.05) is 24.3 Å². The zero-order valence-corrected chi connectivity index (χ0v) is 12.0. The van der Waals surface area contributed by atoms with Crippen molar-refractivity contribution in [2.75, 3.05) is 0 Å². The number of nitro groups is 2. The summed E-state index contributed by atoms with van der Waals surface area (Å²) in [5, 5.41) is 21.4. The summed E-state index contributed by atoms with van der Waals surface area (Å²) in [6, 6.07) is 5.39. The lowest BCUT2D eigenvalue weighted by molar-refractivity contribution is -0.385. The van der Waals surface area contributed by atoms with Crippen LogP contribution >= 0.6 is 0 Å². The van der Waals surface area contributed by atoms with Gasteiger partial charge in [0.15, 0.2) is 0 Å². The number of rotatable bonds is 4. The Kier molecular flexibility index (Phi) is 4.68. The number of nitro benzene ring substituents is 2. The Hall–Kier alpha value is -3.50. The maximum Gasteiger partial charge on any atom is 0.416 e. The molecule has 0 radical (unpaired) electrons. The van der Waals surface area contributed by atoms with Gasteiger partial charge in [-0.2, -0.15) is 13.2 Å². The van der Waals surface area contributed by atoms with Crippen LogP contribution in [0.2, 0.25) is 0 Å². The van der Waals surface area contributed by atoms with Crippen molar-refractivity contribution in [1.82, 2.24) is 0 Å². The molecule has 0 aromatic heterocycles. The molecule has 0 spiro atoms. The van der Waals surface area contributed by atoms with Gasteiger partial charge in [-0.25, -0.2) is 4.79 Å². The Morgan fingerprint density at radius 2 is 1.56 bits per heavy atom. The topological polar surface area (TPSA) is 113 Å². The number of carbonyl (C=O) groups excluding carboxylic acids is 1. The average Bonchev–Trinajstić information content (AvgIpc) is 2.53. The van der Waals surface area contributed by atoms with E-state index in [-0.39, 0.29) is 11.3 Å². The standard InChI is InChI=1S/C14H7F3N2O6/c15-14(16,17)9-3-6-11(19(23)24)12(7-9)25-13(20)8-1-4-10(5-2-8)18(21)22/h1-7H. The summed E-state index contributed by atoms with van der Waals surface area (Å²) in [6.45, 7) is 0. The van der Waals surface area contributed by atoms with E-state index in [1.165, 1.54) is 0 Å². The number of alkyl halides is 3. The summed E-state index contributed by atoms with van der Waals surface area (Å²) in [4.78, 5) is 31.6. The van der Waals surface area contributed by atoms with E-state index in [0.717, 1.165) is 24.3 Å². The van der Waals surface area contributed by atoms with Gasteiger partial charge in [-0.15, -0.1) is 0 Å². The molecule has 130 valence electrons. The van der Waals surface area contributed by atoms with Crippen molar-refractivity contribution in [2.24, 2.45) is 0 Å². The molecule has 0 aliphatic rings. The molecule has 25 heavy (non-hydrogen) atoms. The van der Waals surface area contributed by atoms with Crippen LogP contribution < -0.4 is 4.74 Å². The van der Waals surface area contributed by atoms with E-state index in [1.807, 2.05) is 0 Å². The lowest BCUT2D eigenvalue weighted by Gasteiger charge is -2.09. The fraction of sp³-hybridized carbons (Fsp3) is 0.0714. The fourth-order valence-electron chi connectivity index (χ4n) is 1.80. The normalized spacial score (nSPS) is 11.0. The van der Waals surface area contributed by atoms with Crippen molar-refractivity contribution in [3.8, 4) is 5.75 Å². The highest BCUT2D eigenvalue weighted by Gasteiger charge is 2.33. The molecule has 2 aromatic rings. The molecule has 0 heterocycles. The van der Waals surface area contributed by atoms with Crippen LogP contribution in [0, 0.1) is 20.2 Å². The third-order valence-electron chi connectivity index (χ3n) is 3.00. The van der Waals surface area contributed by atoms with Gasteiger partial charge >= 0.3 is 17.8 Å². The van der Waals surface area contributed by atoms with E-state index < -0.39 is 39.0 Å². The summed E-state index contributed by atoms with van der Waals surface area (Å²) in [5.74, 6) is -2.08. The molecule has 0 fully saturated rings. The molecule has 0 saturated carbocycles. The lowest BCUT2D eigenvalue weighted by Crippen LogP contribution is -2.12. The van der Waals surface area contributed by atoms with Crippen molar-refractivity contribution in [3.05, 3.63) is 73.8 Å². The summed E-state index contributed by atoms with van der Waals surface area (Å²) in [7, 11) is 0. The number of benzene rings is 2. The van der Waals surface area contributed by atoms with Crippen LogP contribution in [0.4, 0.5) is 24.5 Å². The van der Waals surface area contributed by atoms with E-state index in [0.29, 0.717) is 18.2 Å². The van der Waals surface area contributed by atoms with Gasteiger partial charge in [0.2, 0.25) is 5.75 Å². The maximum absolute atomic E-state index is 12.7. The first-order valence-electron chi connectivity index (χ1n) is 6.42. The van der Waals surface area contributed by atoms with Gasteiger partial charge in [0.1, 0.15) is 0 Å². The average molecular weight is 356 g/mol. The molecule has 0 saturated heterocycles. The van der Waals surface area contributed by atoms with Gasteiger partial charge in [-0.1, -0.05) is 0 Å². The van der Waals surface area contributed by atoms with Gasteiger partial charge in [-0.3, -0.25) is 20.2 Å². The molecule has 11 heteroatoms. The third-order valence-corrected chi connectivity index (χ3v) is 3.00. The Labute approximate surface area is 136 Å². The molecule has 2 aromatic carbocycles. The minimum atomic E-state index is -4.79. The SMILES string of the molecule is O=C(Oc1cc(C(F)(F)F)ccc1[N+](=O)[O-])c1ccc([N+](=O)[O-])cc1. The number of esters is 1. The fourth-order valence-corrected chi connectivity index (χ4v) is 1.80. The second kappa shape index (κ2) is 6.55. The Morgan fingerprint density at radius 1 is 0.960 bits per heavy atom. The van der Waals surface area contributed by atoms with Gasteiger partial charge in [0.25, 0.3) is 5.69 Å². The molecule has 2 rings (SSSR count). The molecular formula is C14H7F3N2O6. The van der Waals surface area contributed by atoms with E-state index >= 15 is 0 Å². The van der Waals surface area contributed by atoms with E-state index in [2.05, 4.69) is 4.74 Å². The number of ether oxygens (including phenoxy) is 1. The van der Waals surface area contributed by atoms with Gasteiger partial charge < -0.3 is 4.74 Å². The first-order chi connectivity index (χ1) is 11.6. The van der Waals surface area contributed by atoms with Crippen molar-refractivity contribution in [3.63, 3.8) is 0 Å². The number of hydrogen-bond donors (Lipinski definition) is 0. The van der Waals surface area contributed by atoms with Crippen LogP contribution in [0.3, 0.4) is 0 Å². The highest BCUT2D eigenvalue weighted by molar-refractivity contribution is 5.91. The zero-order chi connectivity index (χ0) is 18.8. The minimum Gasteiger partial charge on any atom is -0.416 e. The molecule has 0 aliphatic carbocycles. The molecule has 0 atom stereocenters. The molecular weight excluding hydrogens is 349 g/mol. The van der Waals surface area contributed by atoms with Crippen LogP contribution in [0.25, 0.3) is 0 Å². The molecule has 0 unspecified atom stereocenters. The van der Waals surface area contributed by atoms with Crippen molar-refractivity contribution in [1.29, 1.82) is 0 Å². The molecule has 0 bridgehead atoms. The first-order valence-corrected chi connectivity index (χ1v) is 6.42. The Bertz CT molecular complexity index is 849. The van der Waals surface area contributed by atoms with Crippen LogP contribution in [-0.2, 0) is 6.18 Å². The monoisotopic (exact) mass is 356 g/mol. The summed E-state index contributed by atoms with van der Waals surface area (Å²) in [5.41, 5.74) is -2.60. The Balaban J connectivity index is 2.35. The number of carbonyl (C=O) groups is 1. The largest absolute Gasteiger partial charge is 0.416 e. The second-order valence-electron chi connectivity index (χ2n) is 4.63. The summed E-state index contributed by atoms with van der Waals surface area (Å²) >= 11 is 0. The smallest absolute Gasteiger partial charge is 0.416 e. The van der Waals surface area contributed by atoms with Crippen molar-refractivity contribution < 1.29 is 32.5 Å². The first kappa shape index (κ1) is 17.8. The number of non-ortho nitro benzene ring substituents is 1. The molecule has 0 amide bonds. The third kappa shape index (κ3) is 4.07. The number of nitrogens with zero attached hydrogens (tertiary/aromatic N) is 2. The van der Waals surface area contributed by atoms with Crippen LogP contribution in [0.1, 0.15) is 15.9 Å². The van der Waals surface area contributed by atoms with E-state index in [9.17, 15) is 38.2 Å².